The van der Waals surface area contributed by atoms with Crippen LogP contribution in [0.15, 0.2) is 47.1 Å². The third kappa shape index (κ3) is 4.11. The van der Waals surface area contributed by atoms with Crippen LogP contribution < -0.4 is 5.32 Å². The Morgan fingerprint density at radius 3 is 2.85 bits per heavy atom. The van der Waals surface area contributed by atoms with Crippen molar-refractivity contribution in [3.8, 4) is 5.69 Å². The number of carbonyl (C=O) groups excluding carboxylic acids is 1. The van der Waals surface area contributed by atoms with Crippen molar-refractivity contribution < 1.29 is 13.6 Å². The zero-order chi connectivity index (χ0) is 23.8. The molecule has 1 N–H and O–H groups in total. The number of hydrogen-bond donors (Lipinski definition) is 1. The molecule has 10 heteroatoms. The van der Waals surface area contributed by atoms with Gasteiger partial charge in [-0.1, -0.05) is 24.6 Å². The molecule has 1 aliphatic rings. The molecule has 2 aromatic carbocycles. The average molecular weight is 483 g/mol. The number of amides is 1. The van der Waals surface area contributed by atoms with Crippen molar-refractivity contribution in [3.63, 3.8) is 0 Å². The predicted molar refractivity (Wildman–Crippen MR) is 127 cm³/mol. The lowest BCUT2D eigenvalue weighted by molar-refractivity contribution is 0.0534. The van der Waals surface area contributed by atoms with Crippen molar-refractivity contribution in [2.75, 3.05) is 18.4 Å². The van der Waals surface area contributed by atoms with E-state index in [2.05, 4.69) is 27.4 Å². The molecule has 0 aliphatic carbocycles. The summed E-state index contributed by atoms with van der Waals surface area (Å²) in [6, 6.07) is 8.35. The van der Waals surface area contributed by atoms with Crippen LogP contribution in [0.2, 0.25) is 5.02 Å². The molecule has 4 aromatic rings. The summed E-state index contributed by atoms with van der Waals surface area (Å²) in [5.74, 6) is -0.775. The maximum Gasteiger partial charge on any atom is 0.295 e. The first-order valence-corrected chi connectivity index (χ1v) is 11.6. The standard InChI is InChI=1S/C24H24ClFN6O2/c1-14-4-3-11-31(19(14)13-27-24-30-18-12-16(25)6-8-20(18)34-24)23(33)21-17(26)7-5-15(2)22(21)32-28-9-10-29-32/h5-10,12,14,19H,3-4,11,13H2,1-2H3,(H,27,30)/t14-,19-/m1/s1. The van der Waals surface area contributed by atoms with Gasteiger partial charge in [0.25, 0.3) is 11.9 Å². The molecule has 0 saturated carbocycles. The van der Waals surface area contributed by atoms with Gasteiger partial charge in [-0.2, -0.15) is 20.0 Å². The van der Waals surface area contributed by atoms with E-state index in [1.807, 2.05) is 6.92 Å². The molecule has 1 fully saturated rings. The van der Waals surface area contributed by atoms with Crippen LogP contribution in [-0.4, -0.2) is 49.9 Å². The number of rotatable bonds is 5. The van der Waals surface area contributed by atoms with Crippen LogP contribution in [0.1, 0.15) is 35.7 Å². The number of likely N-dealkylation sites (tertiary alicyclic amines) is 1. The number of halogens is 2. The molecule has 8 nitrogen and oxygen atoms in total. The van der Waals surface area contributed by atoms with E-state index in [1.165, 1.54) is 23.3 Å². The highest BCUT2D eigenvalue weighted by molar-refractivity contribution is 6.31. The van der Waals surface area contributed by atoms with Crippen LogP contribution in [-0.2, 0) is 0 Å². The molecule has 0 spiro atoms. The summed E-state index contributed by atoms with van der Waals surface area (Å²) in [6.45, 7) is 4.85. The fourth-order valence-electron chi connectivity index (χ4n) is 4.59. The van der Waals surface area contributed by atoms with Crippen molar-refractivity contribution in [1.29, 1.82) is 0 Å². The van der Waals surface area contributed by atoms with Gasteiger partial charge in [0.2, 0.25) is 0 Å². The van der Waals surface area contributed by atoms with Gasteiger partial charge >= 0.3 is 0 Å². The Bertz CT molecular complexity index is 1340. The second-order valence-corrected chi connectivity index (χ2v) is 9.04. The fraction of sp³-hybridized carbons (Fsp3) is 0.333. The van der Waals surface area contributed by atoms with Gasteiger partial charge in [0, 0.05) is 18.1 Å². The monoisotopic (exact) mass is 482 g/mol. The molecule has 176 valence electrons. The minimum Gasteiger partial charge on any atom is -0.424 e. The fourth-order valence-corrected chi connectivity index (χ4v) is 4.75. The lowest BCUT2D eigenvalue weighted by Crippen LogP contribution is -2.51. The van der Waals surface area contributed by atoms with Crippen molar-refractivity contribution in [1.82, 2.24) is 24.9 Å². The number of carbonyl (C=O) groups is 1. The molecule has 0 unspecified atom stereocenters. The maximum atomic E-state index is 15.1. The van der Waals surface area contributed by atoms with Crippen LogP contribution >= 0.6 is 11.6 Å². The number of nitrogens with zero attached hydrogens (tertiary/aromatic N) is 5. The van der Waals surface area contributed by atoms with Crippen LogP contribution in [0, 0.1) is 18.7 Å². The SMILES string of the molecule is Cc1ccc(F)c(C(=O)N2CCC[C@@H](C)[C@H]2CNc2nc3cc(Cl)ccc3o2)c1-n1nccn1. The highest BCUT2D eigenvalue weighted by atomic mass is 35.5. The van der Waals surface area contributed by atoms with Gasteiger partial charge < -0.3 is 14.6 Å². The minimum atomic E-state index is -0.594. The number of aryl methyl sites for hydroxylation is 1. The van der Waals surface area contributed by atoms with E-state index in [0.29, 0.717) is 46.5 Å². The van der Waals surface area contributed by atoms with E-state index >= 15 is 4.39 Å². The van der Waals surface area contributed by atoms with Crippen LogP contribution in [0.4, 0.5) is 10.4 Å². The molecule has 2 aromatic heterocycles. The second kappa shape index (κ2) is 9.06. The smallest absolute Gasteiger partial charge is 0.295 e. The van der Waals surface area contributed by atoms with Gasteiger partial charge in [0.15, 0.2) is 5.58 Å². The lowest BCUT2D eigenvalue weighted by Gasteiger charge is -2.40. The largest absolute Gasteiger partial charge is 0.424 e. The highest BCUT2D eigenvalue weighted by Crippen LogP contribution is 2.30. The molecule has 0 radical (unpaired) electrons. The van der Waals surface area contributed by atoms with Crippen molar-refractivity contribution in [3.05, 3.63) is 64.7 Å². The zero-order valence-electron chi connectivity index (χ0n) is 18.8. The Morgan fingerprint density at radius 1 is 1.26 bits per heavy atom. The van der Waals surface area contributed by atoms with Crippen molar-refractivity contribution >= 4 is 34.6 Å². The summed E-state index contributed by atoms with van der Waals surface area (Å²) in [4.78, 5) is 21.3. The first-order valence-electron chi connectivity index (χ1n) is 11.2. The molecule has 34 heavy (non-hydrogen) atoms. The third-order valence-corrected chi connectivity index (χ3v) is 6.59. The number of piperidine rings is 1. The van der Waals surface area contributed by atoms with Gasteiger partial charge in [-0.15, -0.1) is 0 Å². The number of aromatic nitrogens is 4. The lowest BCUT2D eigenvalue weighted by atomic mass is 9.89. The van der Waals surface area contributed by atoms with Crippen molar-refractivity contribution in [2.45, 2.75) is 32.7 Å². The summed E-state index contributed by atoms with van der Waals surface area (Å²) in [6.07, 6.45) is 4.81. The van der Waals surface area contributed by atoms with E-state index in [1.54, 1.807) is 29.2 Å². The second-order valence-electron chi connectivity index (χ2n) is 8.60. The normalized spacial score (nSPS) is 18.4. The number of hydrogen-bond acceptors (Lipinski definition) is 6. The van der Waals surface area contributed by atoms with E-state index in [4.69, 9.17) is 16.0 Å². The molecule has 2 atom stereocenters. The number of nitrogens with one attached hydrogen (secondary N) is 1. The van der Waals surface area contributed by atoms with E-state index in [9.17, 15) is 4.79 Å². The Kier molecular flexibility index (Phi) is 5.95. The van der Waals surface area contributed by atoms with E-state index < -0.39 is 5.82 Å². The number of benzene rings is 2. The quantitative estimate of drug-likeness (QED) is 0.437. The van der Waals surface area contributed by atoms with Crippen LogP contribution in [0.25, 0.3) is 16.8 Å². The highest BCUT2D eigenvalue weighted by Gasteiger charge is 2.35. The van der Waals surface area contributed by atoms with Gasteiger partial charge in [0.05, 0.1) is 18.4 Å². The Morgan fingerprint density at radius 2 is 2.06 bits per heavy atom. The average Bonchev–Trinajstić information content (AvgIpc) is 3.48. The molecular weight excluding hydrogens is 459 g/mol. The topological polar surface area (TPSA) is 89.1 Å². The van der Waals surface area contributed by atoms with Crippen LogP contribution in [0.5, 0.6) is 0 Å². The van der Waals surface area contributed by atoms with Gasteiger partial charge in [-0.25, -0.2) is 4.39 Å². The van der Waals surface area contributed by atoms with E-state index in [0.717, 1.165) is 12.8 Å². The summed E-state index contributed by atoms with van der Waals surface area (Å²) in [5, 5.41) is 12.1. The molecular formula is C24H24ClFN6O2. The van der Waals surface area contributed by atoms with Crippen molar-refractivity contribution in [2.24, 2.45) is 5.92 Å². The molecule has 1 saturated heterocycles. The number of anilines is 1. The first kappa shape index (κ1) is 22.3. The Labute approximate surface area is 200 Å². The Hall–Kier alpha value is -3.46. The minimum absolute atomic E-state index is 0.0215. The predicted octanol–water partition coefficient (Wildman–Crippen LogP) is 4.86. The molecule has 3 heterocycles. The van der Waals surface area contributed by atoms with E-state index in [-0.39, 0.29) is 23.4 Å². The Balaban J connectivity index is 1.44. The summed E-state index contributed by atoms with van der Waals surface area (Å²) >= 11 is 6.04. The molecule has 0 bridgehead atoms. The van der Waals surface area contributed by atoms with Gasteiger partial charge in [-0.3, -0.25) is 4.79 Å². The zero-order valence-corrected chi connectivity index (χ0v) is 19.6. The first-order chi connectivity index (χ1) is 16.4. The summed E-state index contributed by atoms with van der Waals surface area (Å²) < 4.78 is 20.9. The number of oxazole rings is 1. The molecule has 1 aliphatic heterocycles. The third-order valence-electron chi connectivity index (χ3n) is 6.35. The molecule has 5 rings (SSSR count). The maximum absolute atomic E-state index is 15.1. The van der Waals surface area contributed by atoms with Gasteiger partial charge in [-0.05, 0) is 55.5 Å². The van der Waals surface area contributed by atoms with Crippen LogP contribution in [0.3, 0.4) is 0 Å². The molecule has 1 amide bonds. The summed E-state index contributed by atoms with van der Waals surface area (Å²) in [5.41, 5.74) is 2.32. The summed E-state index contributed by atoms with van der Waals surface area (Å²) in [7, 11) is 0. The van der Waals surface area contributed by atoms with Gasteiger partial charge in [0.1, 0.15) is 22.6 Å². The number of fused-ring (bicyclic) bond motifs is 1.